The third-order valence-corrected chi connectivity index (χ3v) is 4.13. The molecule has 0 aliphatic rings. The average Bonchev–Trinajstić information content (AvgIpc) is 2.68. The molecule has 92 valence electrons. The lowest BCUT2D eigenvalue weighted by atomic mass is 10.4. The smallest absolute Gasteiger partial charge is 0.273 e. The van der Waals surface area contributed by atoms with Crippen LogP contribution in [0.3, 0.4) is 0 Å². The monoisotopic (exact) mass is 273 g/mol. The molecule has 0 fully saturated rings. The number of thiazole rings is 1. The molecule has 2 aromatic rings. The van der Waals surface area contributed by atoms with Gasteiger partial charge in [-0.1, -0.05) is 0 Å². The molecule has 0 saturated heterocycles. The van der Waals surface area contributed by atoms with Crippen molar-refractivity contribution in [3.05, 3.63) is 10.7 Å². The van der Waals surface area contributed by atoms with Crippen molar-refractivity contribution >= 4 is 21.4 Å². The zero-order chi connectivity index (χ0) is 12.8. The van der Waals surface area contributed by atoms with E-state index in [0.29, 0.717) is 5.82 Å². The lowest BCUT2D eigenvalue weighted by Crippen LogP contribution is -2.17. The van der Waals surface area contributed by atoms with Crippen molar-refractivity contribution in [2.45, 2.75) is 19.0 Å². The summed E-state index contributed by atoms with van der Waals surface area (Å²) < 4.78 is 23.8. The van der Waals surface area contributed by atoms with Crippen molar-refractivity contribution in [2.75, 3.05) is 0 Å². The number of sulfonamides is 1. The summed E-state index contributed by atoms with van der Waals surface area (Å²) in [5.41, 5.74) is 0.795. The van der Waals surface area contributed by atoms with E-state index in [4.69, 9.17) is 5.14 Å². The van der Waals surface area contributed by atoms with E-state index in [9.17, 15) is 8.42 Å². The van der Waals surface area contributed by atoms with Crippen molar-refractivity contribution in [3.63, 3.8) is 0 Å². The Bertz CT molecular complexity index is 670. The molecule has 2 heterocycles. The molecule has 2 aromatic heterocycles. The summed E-state index contributed by atoms with van der Waals surface area (Å²) in [6.07, 6.45) is 0. The van der Waals surface area contributed by atoms with Crippen LogP contribution in [0.1, 0.15) is 10.7 Å². The van der Waals surface area contributed by atoms with Gasteiger partial charge in [0, 0.05) is 7.05 Å². The van der Waals surface area contributed by atoms with E-state index in [1.807, 2.05) is 13.8 Å². The summed E-state index contributed by atoms with van der Waals surface area (Å²) in [5.74, 6) is 0.456. The van der Waals surface area contributed by atoms with E-state index in [1.165, 1.54) is 15.9 Å². The van der Waals surface area contributed by atoms with Gasteiger partial charge in [0.15, 0.2) is 5.82 Å². The molecule has 0 amide bonds. The molecule has 7 nitrogen and oxygen atoms in total. The zero-order valence-corrected chi connectivity index (χ0v) is 11.1. The van der Waals surface area contributed by atoms with Gasteiger partial charge in [-0.15, -0.1) is 21.5 Å². The number of aryl methyl sites for hydroxylation is 2. The van der Waals surface area contributed by atoms with Crippen LogP contribution in [0, 0.1) is 13.8 Å². The minimum atomic E-state index is -3.85. The second-order valence-electron chi connectivity index (χ2n) is 3.56. The first-order valence-corrected chi connectivity index (χ1v) is 7.03. The van der Waals surface area contributed by atoms with Gasteiger partial charge in [0.2, 0.25) is 0 Å². The first-order chi connectivity index (χ1) is 7.80. The van der Waals surface area contributed by atoms with E-state index in [0.717, 1.165) is 15.6 Å². The fourth-order valence-corrected chi connectivity index (χ4v) is 3.06. The van der Waals surface area contributed by atoms with Gasteiger partial charge in [-0.2, -0.15) is 0 Å². The normalized spacial score (nSPS) is 12.0. The highest BCUT2D eigenvalue weighted by Crippen LogP contribution is 2.28. The zero-order valence-electron chi connectivity index (χ0n) is 9.50. The highest BCUT2D eigenvalue weighted by molar-refractivity contribution is 7.89. The fraction of sp³-hybridized carbons (Fsp3) is 0.375. The third kappa shape index (κ3) is 2.08. The number of nitrogens with zero attached hydrogens (tertiary/aromatic N) is 4. The van der Waals surface area contributed by atoms with Crippen LogP contribution in [0.5, 0.6) is 0 Å². The SMILES string of the molecule is Cc1nc(C)c(-c2nnc(S(N)(=O)=O)n2C)s1. The first-order valence-electron chi connectivity index (χ1n) is 4.67. The van der Waals surface area contributed by atoms with Crippen LogP contribution in [-0.4, -0.2) is 28.2 Å². The van der Waals surface area contributed by atoms with Crippen molar-refractivity contribution in [3.8, 4) is 10.7 Å². The Hall–Kier alpha value is -1.32. The predicted octanol–water partition coefficient (Wildman–Crippen LogP) is 0.203. The minimum Gasteiger partial charge on any atom is -0.299 e. The van der Waals surface area contributed by atoms with Crippen molar-refractivity contribution in [1.29, 1.82) is 0 Å². The molecule has 0 aromatic carbocycles. The van der Waals surface area contributed by atoms with Crippen LogP contribution >= 0.6 is 11.3 Å². The van der Waals surface area contributed by atoms with Crippen LogP contribution in [0.4, 0.5) is 0 Å². The Balaban J connectivity index is 2.63. The molecule has 0 radical (unpaired) electrons. The van der Waals surface area contributed by atoms with Crippen molar-refractivity contribution in [1.82, 2.24) is 19.7 Å². The van der Waals surface area contributed by atoms with Crippen LogP contribution in [0.2, 0.25) is 0 Å². The number of nitrogens with two attached hydrogens (primary N) is 1. The Kier molecular flexibility index (Phi) is 2.76. The van der Waals surface area contributed by atoms with E-state index in [-0.39, 0.29) is 5.16 Å². The Morgan fingerprint density at radius 1 is 1.29 bits per heavy atom. The Labute approximate surface area is 102 Å². The van der Waals surface area contributed by atoms with Gasteiger partial charge in [0.25, 0.3) is 15.2 Å². The van der Waals surface area contributed by atoms with Gasteiger partial charge in [-0.3, -0.25) is 4.57 Å². The molecule has 0 atom stereocenters. The number of hydrogen-bond acceptors (Lipinski definition) is 6. The van der Waals surface area contributed by atoms with Gasteiger partial charge >= 0.3 is 0 Å². The maximum absolute atomic E-state index is 11.2. The van der Waals surface area contributed by atoms with Gasteiger partial charge in [0.05, 0.1) is 15.6 Å². The molecule has 0 spiro atoms. The van der Waals surface area contributed by atoms with Gasteiger partial charge in [-0.05, 0) is 13.8 Å². The summed E-state index contributed by atoms with van der Waals surface area (Å²) in [6, 6.07) is 0. The average molecular weight is 273 g/mol. The van der Waals surface area contributed by atoms with E-state index < -0.39 is 10.0 Å². The molecule has 0 aliphatic carbocycles. The molecule has 0 saturated carbocycles. The van der Waals surface area contributed by atoms with Crippen molar-refractivity contribution in [2.24, 2.45) is 12.2 Å². The fourth-order valence-electron chi connectivity index (χ4n) is 1.50. The molecule has 17 heavy (non-hydrogen) atoms. The highest BCUT2D eigenvalue weighted by Gasteiger charge is 2.21. The predicted molar refractivity (Wildman–Crippen MR) is 63.0 cm³/mol. The number of primary sulfonamides is 1. The molecule has 2 rings (SSSR count). The Morgan fingerprint density at radius 3 is 2.35 bits per heavy atom. The summed E-state index contributed by atoms with van der Waals surface area (Å²) in [7, 11) is -2.29. The third-order valence-electron chi connectivity index (χ3n) is 2.20. The summed E-state index contributed by atoms with van der Waals surface area (Å²) in [6.45, 7) is 3.71. The topological polar surface area (TPSA) is 104 Å². The number of rotatable bonds is 2. The van der Waals surface area contributed by atoms with Crippen LogP contribution in [-0.2, 0) is 17.1 Å². The van der Waals surface area contributed by atoms with Gasteiger partial charge < -0.3 is 0 Å². The Morgan fingerprint density at radius 2 is 1.94 bits per heavy atom. The standard InChI is InChI=1S/C8H11N5O2S2/c1-4-6(16-5(2)10-4)7-11-12-8(13(7)3)17(9,14)15/h1-3H3,(H2,9,14,15). The molecule has 2 N–H and O–H groups in total. The van der Waals surface area contributed by atoms with Crippen LogP contribution in [0.25, 0.3) is 10.7 Å². The van der Waals surface area contributed by atoms with E-state index >= 15 is 0 Å². The summed E-state index contributed by atoms with van der Waals surface area (Å²) in [4.78, 5) is 5.06. The molecule has 0 bridgehead atoms. The van der Waals surface area contributed by atoms with E-state index in [1.54, 1.807) is 7.05 Å². The molecular formula is C8H11N5O2S2. The second-order valence-corrected chi connectivity index (χ2v) is 6.22. The largest absolute Gasteiger partial charge is 0.299 e. The minimum absolute atomic E-state index is 0.252. The maximum Gasteiger partial charge on any atom is 0.273 e. The maximum atomic E-state index is 11.2. The van der Waals surface area contributed by atoms with Crippen LogP contribution < -0.4 is 5.14 Å². The summed E-state index contributed by atoms with van der Waals surface area (Å²) in [5, 5.41) is 13.1. The van der Waals surface area contributed by atoms with Crippen molar-refractivity contribution < 1.29 is 8.42 Å². The lowest BCUT2D eigenvalue weighted by Gasteiger charge is -2.00. The number of aromatic nitrogens is 4. The molecular weight excluding hydrogens is 262 g/mol. The molecule has 0 aliphatic heterocycles. The number of hydrogen-bond donors (Lipinski definition) is 1. The second kappa shape index (κ2) is 3.86. The lowest BCUT2D eigenvalue weighted by molar-refractivity contribution is 0.580. The van der Waals surface area contributed by atoms with Gasteiger partial charge in [0.1, 0.15) is 0 Å². The van der Waals surface area contributed by atoms with Crippen LogP contribution in [0.15, 0.2) is 5.16 Å². The first kappa shape index (κ1) is 12.1. The molecule has 9 heteroatoms. The van der Waals surface area contributed by atoms with Gasteiger partial charge in [-0.25, -0.2) is 18.5 Å². The highest BCUT2D eigenvalue weighted by atomic mass is 32.2. The van der Waals surface area contributed by atoms with E-state index in [2.05, 4.69) is 15.2 Å². The quantitative estimate of drug-likeness (QED) is 0.842. The molecule has 0 unspecified atom stereocenters. The summed E-state index contributed by atoms with van der Waals surface area (Å²) >= 11 is 1.44.